The fourth-order valence-corrected chi connectivity index (χ4v) is 2.16. The molecule has 0 spiro atoms. The smallest absolute Gasteiger partial charge is 0.303 e. The minimum atomic E-state index is -0.687. The molecule has 1 saturated carbocycles. The minimum Gasteiger partial charge on any atom is -0.481 e. The van der Waals surface area contributed by atoms with Gasteiger partial charge in [0.25, 0.3) is 0 Å². The molecule has 4 nitrogen and oxygen atoms in total. The van der Waals surface area contributed by atoms with Gasteiger partial charge in [0.05, 0.1) is 0 Å². The van der Waals surface area contributed by atoms with Crippen molar-refractivity contribution in [2.75, 3.05) is 6.54 Å². The second kappa shape index (κ2) is 9.82. The number of hydrogen-bond donors (Lipinski definition) is 2. The summed E-state index contributed by atoms with van der Waals surface area (Å²) in [5.74, 6) is -0.113. The second-order valence-corrected chi connectivity index (χ2v) is 5.54. The largest absolute Gasteiger partial charge is 0.481 e. The van der Waals surface area contributed by atoms with E-state index in [0.29, 0.717) is 12.3 Å². The number of carboxylic acid groups (broad SMARTS) is 1. The summed E-state index contributed by atoms with van der Waals surface area (Å²) in [6.45, 7) is 0.827. The van der Waals surface area contributed by atoms with Crippen LogP contribution in [0, 0.1) is 5.92 Å². The lowest BCUT2D eigenvalue weighted by atomic mass is 10.1. The summed E-state index contributed by atoms with van der Waals surface area (Å²) < 4.78 is 0. The molecule has 0 aliphatic heterocycles. The van der Waals surface area contributed by atoms with Crippen molar-refractivity contribution < 1.29 is 14.7 Å². The number of nitrogens with one attached hydrogen (secondary N) is 1. The Morgan fingerprint density at radius 1 is 0.895 bits per heavy atom. The Balaban J connectivity index is 1.71. The van der Waals surface area contributed by atoms with Crippen LogP contribution in [0.4, 0.5) is 0 Å². The Bertz CT molecular complexity index is 275. The molecule has 1 aliphatic rings. The number of carbonyl (C=O) groups excluding carboxylic acids is 1. The van der Waals surface area contributed by atoms with Crippen molar-refractivity contribution in [1.82, 2.24) is 5.32 Å². The fraction of sp³-hybridized carbons (Fsp3) is 0.867. The first-order valence-electron chi connectivity index (χ1n) is 7.69. The molecule has 110 valence electrons. The van der Waals surface area contributed by atoms with Crippen molar-refractivity contribution in [3.05, 3.63) is 0 Å². The summed E-state index contributed by atoms with van der Waals surface area (Å²) in [6, 6.07) is 0. The maximum absolute atomic E-state index is 11.3. The highest BCUT2D eigenvalue weighted by Crippen LogP contribution is 2.28. The number of carbonyl (C=O) groups is 2. The Morgan fingerprint density at radius 2 is 1.42 bits per heavy atom. The molecule has 0 radical (unpaired) electrons. The van der Waals surface area contributed by atoms with Crippen LogP contribution in [0.1, 0.15) is 70.6 Å². The van der Waals surface area contributed by atoms with Gasteiger partial charge in [0, 0.05) is 18.9 Å². The van der Waals surface area contributed by atoms with E-state index in [1.807, 2.05) is 0 Å². The molecule has 4 heteroatoms. The molecule has 0 unspecified atom stereocenters. The van der Waals surface area contributed by atoms with Gasteiger partial charge in [-0.25, -0.2) is 0 Å². The predicted molar refractivity (Wildman–Crippen MR) is 74.9 cm³/mol. The Labute approximate surface area is 116 Å². The first-order chi connectivity index (χ1) is 9.20. The number of hydrogen-bond acceptors (Lipinski definition) is 2. The average molecular weight is 269 g/mol. The SMILES string of the molecule is O=C(O)CCCCCCCCCCNC(=O)C1CC1. The van der Waals surface area contributed by atoms with Crippen LogP contribution in [0.15, 0.2) is 0 Å². The number of amides is 1. The average Bonchev–Trinajstić information content (AvgIpc) is 3.19. The van der Waals surface area contributed by atoms with Crippen LogP contribution in [0.5, 0.6) is 0 Å². The molecule has 0 atom stereocenters. The Hall–Kier alpha value is -1.06. The first kappa shape index (κ1) is 16.0. The van der Waals surface area contributed by atoms with Gasteiger partial charge in [-0.3, -0.25) is 9.59 Å². The van der Waals surface area contributed by atoms with E-state index < -0.39 is 5.97 Å². The summed E-state index contributed by atoms with van der Waals surface area (Å²) in [5, 5.41) is 11.5. The lowest BCUT2D eigenvalue weighted by Gasteiger charge is -2.04. The lowest BCUT2D eigenvalue weighted by molar-refractivity contribution is -0.137. The Kier molecular flexibility index (Phi) is 8.26. The second-order valence-electron chi connectivity index (χ2n) is 5.54. The summed E-state index contributed by atoms with van der Waals surface area (Å²) in [6.07, 6.45) is 11.4. The summed E-state index contributed by atoms with van der Waals surface area (Å²) >= 11 is 0. The van der Waals surface area contributed by atoms with Gasteiger partial charge in [-0.15, -0.1) is 0 Å². The molecule has 1 fully saturated rings. The number of carboxylic acids is 1. The van der Waals surface area contributed by atoms with Gasteiger partial charge >= 0.3 is 5.97 Å². The van der Waals surface area contributed by atoms with Gasteiger partial charge in [0.1, 0.15) is 0 Å². The number of unbranched alkanes of at least 4 members (excludes halogenated alkanes) is 7. The number of rotatable bonds is 12. The highest BCUT2D eigenvalue weighted by atomic mass is 16.4. The van der Waals surface area contributed by atoms with E-state index in [-0.39, 0.29) is 5.91 Å². The van der Waals surface area contributed by atoms with E-state index >= 15 is 0 Å². The minimum absolute atomic E-state index is 0.249. The van der Waals surface area contributed by atoms with Crippen molar-refractivity contribution in [2.45, 2.75) is 70.6 Å². The summed E-state index contributed by atoms with van der Waals surface area (Å²) in [4.78, 5) is 21.6. The molecule has 0 aromatic heterocycles. The molecule has 0 bridgehead atoms. The van der Waals surface area contributed by atoms with E-state index in [1.165, 1.54) is 25.7 Å². The molecule has 1 rings (SSSR count). The van der Waals surface area contributed by atoms with Crippen molar-refractivity contribution in [1.29, 1.82) is 0 Å². The fourth-order valence-electron chi connectivity index (χ4n) is 2.16. The molecular formula is C15H27NO3. The molecule has 1 amide bonds. The monoisotopic (exact) mass is 269 g/mol. The predicted octanol–water partition coefficient (Wildman–Crippen LogP) is 3.11. The molecule has 0 heterocycles. The third-order valence-corrected chi connectivity index (χ3v) is 3.56. The first-order valence-corrected chi connectivity index (χ1v) is 7.69. The normalized spacial score (nSPS) is 14.3. The van der Waals surface area contributed by atoms with E-state index in [4.69, 9.17) is 5.11 Å². The van der Waals surface area contributed by atoms with Crippen molar-refractivity contribution in [2.24, 2.45) is 5.92 Å². The standard InChI is InChI=1S/C15H27NO3/c17-14(18)9-7-5-3-1-2-4-6-8-12-16-15(19)13-10-11-13/h13H,1-12H2,(H,16,19)(H,17,18). The molecule has 2 N–H and O–H groups in total. The molecule has 0 saturated heterocycles. The summed E-state index contributed by atoms with van der Waals surface area (Å²) in [7, 11) is 0. The Morgan fingerprint density at radius 3 is 1.95 bits per heavy atom. The maximum atomic E-state index is 11.3. The van der Waals surface area contributed by atoms with Gasteiger partial charge in [0.15, 0.2) is 0 Å². The third kappa shape index (κ3) is 9.51. The van der Waals surface area contributed by atoms with Gasteiger partial charge in [-0.2, -0.15) is 0 Å². The molecule has 19 heavy (non-hydrogen) atoms. The zero-order chi connectivity index (χ0) is 13.9. The summed E-state index contributed by atoms with van der Waals surface area (Å²) in [5.41, 5.74) is 0. The highest BCUT2D eigenvalue weighted by Gasteiger charge is 2.28. The highest BCUT2D eigenvalue weighted by molar-refractivity contribution is 5.80. The molecule has 1 aliphatic carbocycles. The topological polar surface area (TPSA) is 66.4 Å². The van der Waals surface area contributed by atoms with Gasteiger partial charge in [-0.05, 0) is 25.7 Å². The maximum Gasteiger partial charge on any atom is 0.303 e. The zero-order valence-corrected chi connectivity index (χ0v) is 11.8. The third-order valence-electron chi connectivity index (χ3n) is 3.56. The van der Waals surface area contributed by atoms with E-state index in [1.54, 1.807) is 0 Å². The molecule has 0 aromatic carbocycles. The van der Waals surface area contributed by atoms with Crippen LogP contribution in [-0.4, -0.2) is 23.5 Å². The van der Waals surface area contributed by atoms with Crippen LogP contribution in [-0.2, 0) is 9.59 Å². The van der Waals surface area contributed by atoms with Crippen LogP contribution >= 0.6 is 0 Å². The van der Waals surface area contributed by atoms with Gasteiger partial charge < -0.3 is 10.4 Å². The zero-order valence-electron chi connectivity index (χ0n) is 11.8. The van der Waals surface area contributed by atoms with E-state index in [0.717, 1.165) is 45.1 Å². The van der Waals surface area contributed by atoms with Gasteiger partial charge in [-0.1, -0.05) is 38.5 Å². The lowest BCUT2D eigenvalue weighted by Crippen LogP contribution is -2.25. The van der Waals surface area contributed by atoms with Gasteiger partial charge in [0.2, 0.25) is 5.91 Å². The quantitative estimate of drug-likeness (QED) is 0.535. The van der Waals surface area contributed by atoms with Crippen LogP contribution in [0.2, 0.25) is 0 Å². The number of aliphatic carboxylic acids is 1. The van der Waals surface area contributed by atoms with Crippen molar-refractivity contribution in [3.8, 4) is 0 Å². The van der Waals surface area contributed by atoms with E-state index in [2.05, 4.69) is 5.32 Å². The van der Waals surface area contributed by atoms with Crippen LogP contribution in [0.25, 0.3) is 0 Å². The van der Waals surface area contributed by atoms with Crippen LogP contribution in [0.3, 0.4) is 0 Å². The molecular weight excluding hydrogens is 242 g/mol. The van der Waals surface area contributed by atoms with Crippen molar-refractivity contribution in [3.63, 3.8) is 0 Å². The van der Waals surface area contributed by atoms with Crippen LogP contribution < -0.4 is 5.32 Å². The van der Waals surface area contributed by atoms with Crippen molar-refractivity contribution >= 4 is 11.9 Å². The van der Waals surface area contributed by atoms with E-state index in [9.17, 15) is 9.59 Å². The molecule has 0 aromatic rings.